The van der Waals surface area contributed by atoms with Crippen molar-refractivity contribution in [2.45, 2.75) is 81.6 Å². The van der Waals surface area contributed by atoms with Crippen molar-refractivity contribution in [2.75, 3.05) is 0 Å². The Balaban J connectivity index is -0.000000279. The maximum Gasteiger partial charge on any atom is 0.0267 e. The first kappa shape index (κ1) is 28.2. The molecule has 1 heterocycles. The molecule has 0 radical (unpaired) electrons. The topological polar surface area (TPSA) is 12.9 Å². The van der Waals surface area contributed by atoms with Crippen LogP contribution in [0.25, 0.3) is 0 Å². The Bertz CT molecular complexity index is 414. The number of pyridine rings is 1. The summed E-state index contributed by atoms with van der Waals surface area (Å²) < 4.78 is 0. The van der Waals surface area contributed by atoms with Crippen LogP contribution < -0.4 is 0 Å². The molecular weight excluding hydrogens is 302 g/mol. The Kier molecular flexibility index (Phi) is 19.4. The van der Waals surface area contributed by atoms with Crippen molar-refractivity contribution in [2.24, 2.45) is 5.41 Å². The summed E-state index contributed by atoms with van der Waals surface area (Å²) in [6.45, 7) is 23.4. The first-order valence-corrected chi connectivity index (χ1v) is 9.51. The number of hydrogen-bond acceptors (Lipinski definition) is 1. The summed E-state index contributed by atoms with van der Waals surface area (Å²) in [6, 6.07) is 16.3. The molecule has 0 fully saturated rings. The van der Waals surface area contributed by atoms with E-state index in [1.165, 1.54) is 5.56 Å². The van der Waals surface area contributed by atoms with Crippen molar-refractivity contribution in [1.82, 2.24) is 4.98 Å². The summed E-state index contributed by atoms with van der Waals surface area (Å²) in [4.78, 5) is 3.78. The molecule has 25 heavy (non-hydrogen) atoms. The molecule has 2 aromatic rings. The highest BCUT2D eigenvalue weighted by Gasteiger charge is 2.11. The summed E-state index contributed by atoms with van der Waals surface area (Å²) in [6.07, 6.45) is 3.50. The van der Waals surface area contributed by atoms with Crippen LogP contribution in [0.5, 0.6) is 0 Å². The number of hydrogen-bond donors (Lipinski definition) is 0. The van der Waals surface area contributed by atoms with E-state index in [1.807, 2.05) is 45.9 Å². The molecule has 2 rings (SSSR count). The molecule has 0 N–H and O–H groups in total. The summed E-state index contributed by atoms with van der Waals surface area (Å²) >= 11 is 0. The molecule has 0 saturated carbocycles. The van der Waals surface area contributed by atoms with Gasteiger partial charge in [-0.2, -0.15) is 0 Å². The van der Waals surface area contributed by atoms with Gasteiger partial charge in [-0.05, 0) is 28.5 Å². The fraction of sp³-hybridized carbons (Fsp3) is 0.542. The maximum atomic E-state index is 3.78. The molecule has 0 aliphatic heterocycles. The fourth-order valence-electron chi connectivity index (χ4n) is 1.25. The van der Waals surface area contributed by atoms with E-state index in [9.17, 15) is 0 Å². The smallest absolute Gasteiger partial charge is 0.0267 e. The van der Waals surface area contributed by atoms with Crippen LogP contribution in [0.4, 0.5) is 0 Å². The Hall–Kier alpha value is -1.63. The standard InChI is InChI=1S/C10H14.C5H5N.C5H12.2C2H6/c1-10(2,3)9-7-5-4-6-8-9;1-2-4-6-5-3-1;1-5(2,3)4;2*1-2/h4-8H,1-3H3;1-5H;1-4H3;2*1-2H3. The van der Waals surface area contributed by atoms with Gasteiger partial charge in [0.25, 0.3) is 0 Å². The quantitative estimate of drug-likeness (QED) is 0.469. The molecule has 0 bridgehead atoms. The fourth-order valence-corrected chi connectivity index (χ4v) is 1.25. The van der Waals surface area contributed by atoms with Crippen LogP contribution in [-0.2, 0) is 5.41 Å². The van der Waals surface area contributed by atoms with E-state index < -0.39 is 0 Å². The Morgan fingerprint density at radius 3 is 1.04 bits per heavy atom. The van der Waals surface area contributed by atoms with E-state index in [2.05, 4.69) is 83.8 Å². The lowest BCUT2D eigenvalue weighted by Crippen LogP contribution is -2.10. The zero-order chi connectivity index (χ0) is 20.4. The van der Waals surface area contributed by atoms with Crippen molar-refractivity contribution < 1.29 is 0 Å². The van der Waals surface area contributed by atoms with Crippen LogP contribution >= 0.6 is 0 Å². The minimum atomic E-state index is 0.293. The lowest BCUT2D eigenvalue weighted by Gasteiger charge is -2.18. The van der Waals surface area contributed by atoms with Gasteiger partial charge in [0.15, 0.2) is 0 Å². The van der Waals surface area contributed by atoms with Gasteiger partial charge in [-0.3, -0.25) is 4.98 Å². The number of aromatic nitrogens is 1. The van der Waals surface area contributed by atoms with E-state index in [0.29, 0.717) is 10.8 Å². The molecular formula is C24H43N. The summed E-state index contributed by atoms with van der Waals surface area (Å²) in [5, 5.41) is 0. The highest BCUT2D eigenvalue weighted by Crippen LogP contribution is 2.20. The number of rotatable bonds is 0. The second-order valence-electron chi connectivity index (χ2n) is 7.64. The highest BCUT2D eigenvalue weighted by molar-refractivity contribution is 5.21. The monoisotopic (exact) mass is 345 g/mol. The average Bonchev–Trinajstić information content (AvgIpc) is 2.59. The Labute approximate surface area is 158 Å². The van der Waals surface area contributed by atoms with Crippen molar-refractivity contribution >= 4 is 0 Å². The lowest BCUT2D eigenvalue weighted by atomic mass is 9.87. The van der Waals surface area contributed by atoms with Crippen LogP contribution in [0.15, 0.2) is 60.9 Å². The SMILES string of the molecule is CC.CC.CC(C)(C)C.CC(C)(C)c1ccccc1.c1ccncc1. The van der Waals surface area contributed by atoms with Gasteiger partial charge in [-0.1, -0.05) is 113 Å². The molecule has 0 aliphatic carbocycles. The predicted octanol–water partition coefficient (Wildman–Crippen LogP) is 8.17. The normalized spacial score (nSPS) is 9.40. The van der Waals surface area contributed by atoms with E-state index in [1.54, 1.807) is 12.4 Å². The van der Waals surface area contributed by atoms with Gasteiger partial charge in [0, 0.05) is 12.4 Å². The largest absolute Gasteiger partial charge is 0.265 e. The molecule has 0 atom stereocenters. The maximum absolute atomic E-state index is 3.78. The minimum Gasteiger partial charge on any atom is -0.265 e. The molecule has 0 aliphatic rings. The second kappa shape index (κ2) is 17.2. The van der Waals surface area contributed by atoms with Gasteiger partial charge in [0.1, 0.15) is 0 Å². The number of nitrogens with zero attached hydrogens (tertiary/aromatic N) is 1. The molecule has 1 nitrogen and oxygen atoms in total. The zero-order valence-electron chi connectivity index (χ0n) is 18.7. The lowest BCUT2D eigenvalue weighted by molar-refractivity contribution is 0.469. The Morgan fingerprint density at radius 2 is 0.880 bits per heavy atom. The van der Waals surface area contributed by atoms with Crippen molar-refractivity contribution in [3.8, 4) is 0 Å². The molecule has 0 spiro atoms. The van der Waals surface area contributed by atoms with Gasteiger partial charge in [0.2, 0.25) is 0 Å². The van der Waals surface area contributed by atoms with Gasteiger partial charge >= 0.3 is 0 Å². The van der Waals surface area contributed by atoms with Crippen molar-refractivity contribution in [1.29, 1.82) is 0 Å². The average molecular weight is 346 g/mol. The summed E-state index contributed by atoms with van der Waals surface area (Å²) in [5.74, 6) is 0. The van der Waals surface area contributed by atoms with E-state index in [0.717, 1.165) is 0 Å². The molecule has 1 heteroatoms. The van der Waals surface area contributed by atoms with Crippen LogP contribution in [0.1, 0.15) is 81.7 Å². The zero-order valence-corrected chi connectivity index (χ0v) is 18.7. The van der Waals surface area contributed by atoms with Crippen LogP contribution in [0.3, 0.4) is 0 Å². The second-order valence-corrected chi connectivity index (χ2v) is 7.64. The third kappa shape index (κ3) is 27.5. The van der Waals surface area contributed by atoms with E-state index in [-0.39, 0.29) is 0 Å². The van der Waals surface area contributed by atoms with E-state index in [4.69, 9.17) is 0 Å². The first-order chi connectivity index (χ1) is 11.6. The van der Waals surface area contributed by atoms with Gasteiger partial charge in [0.05, 0.1) is 0 Å². The van der Waals surface area contributed by atoms with Crippen LogP contribution in [-0.4, -0.2) is 4.98 Å². The third-order valence-corrected chi connectivity index (χ3v) is 2.21. The first-order valence-electron chi connectivity index (χ1n) is 9.51. The van der Waals surface area contributed by atoms with Crippen molar-refractivity contribution in [3.05, 3.63) is 66.5 Å². The molecule has 1 aromatic carbocycles. The predicted molar refractivity (Wildman–Crippen MR) is 117 cm³/mol. The third-order valence-electron chi connectivity index (χ3n) is 2.21. The summed E-state index contributed by atoms with van der Waals surface area (Å²) in [7, 11) is 0. The molecule has 1 aromatic heterocycles. The van der Waals surface area contributed by atoms with Gasteiger partial charge in [-0.15, -0.1) is 0 Å². The highest BCUT2D eigenvalue weighted by atomic mass is 14.6. The Morgan fingerprint density at radius 1 is 0.560 bits per heavy atom. The van der Waals surface area contributed by atoms with Crippen molar-refractivity contribution in [3.63, 3.8) is 0 Å². The number of benzene rings is 1. The van der Waals surface area contributed by atoms with Crippen LogP contribution in [0.2, 0.25) is 0 Å². The minimum absolute atomic E-state index is 0.293. The molecule has 0 unspecified atom stereocenters. The summed E-state index contributed by atoms with van der Waals surface area (Å²) in [5.41, 5.74) is 2.19. The van der Waals surface area contributed by atoms with E-state index >= 15 is 0 Å². The van der Waals surface area contributed by atoms with Crippen LogP contribution in [0, 0.1) is 5.41 Å². The molecule has 144 valence electrons. The molecule has 0 amide bonds. The van der Waals surface area contributed by atoms with Gasteiger partial charge < -0.3 is 0 Å². The van der Waals surface area contributed by atoms with Gasteiger partial charge in [-0.25, -0.2) is 0 Å². The molecule has 0 saturated heterocycles.